The maximum Gasteiger partial charge on any atom is 0.161 e. The Bertz CT molecular complexity index is 361. The molecule has 0 fully saturated rings. The van der Waals surface area contributed by atoms with E-state index in [1.165, 1.54) is 6.92 Å². The van der Waals surface area contributed by atoms with Gasteiger partial charge in [-0.2, -0.15) is 5.26 Å². The summed E-state index contributed by atoms with van der Waals surface area (Å²) < 4.78 is 0. The van der Waals surface area contributed by atoms with Crippen LogP contribution in [0.5, 0.6) is 0 Å². The highest BCUT2D eigenvalue weighted by atomic mass is 16.1. The molecule has 0 heterocycles. The highest BCUT2D eigenvalue weighted by molar-refractivity contribution is 5.96. The lowest BCUT2D eigenvalue weighted by Crippen LogP contribution is -1.96. The Balaban J connectivity index is 3.34. The van der Waals surface area contributed by atoms with Crippen molar-refractivity contribution in [3.8, 4) is 6.07 Å². The Kier molecular flexibility index (Phi) is 2.25. The minimum Gasteiger partial charge on any atom is -0.294 e. The van der Waals surface area contributed by atoms with Crippen molar-refractivity contribution in [2.45, 2.75) is 13.8 Å². The Morgan fingerprint density at radius 2 is 2.17 bits per heavy atom. The van der Waals surface area contributed by atoms with Crippen molar-refractivity contribution in [2.24, 2.45) is 0 Å². The van der Waals surface area contributed by atoms with E-state index >= 15 is 0 Å². The minimum absolute atomic E-state index is 0.0600. The van der Waals surface area contributed by atoms with Crippen LogP contribution in [-0.2, 0) is 0 Å². The van der Waals surface area contributed by atoms with Crippen LogP contribution in [0, 0.1) is 18.3 Å². The zero-order chi connectivity index (χ0) is 9.14. The molecule has 2 heteroatoms. The van der Waals surface area contributed by atoms with Crippen molar-refractivity contribution in [1.82, 2.24) is 0 Å². The summed E-state index contributed by atoms with van der Waals surface area (Å²) in [5, 5.41) is 8.66. The van der Waals surface area contributed by atoms with Crippen LogP contribution >= 0.6 is 0 Å². The van der Waals surface area contributed by atoms with Crippen LogP contribution < -0.4 is 0 Å². The number of ketones is 1. The van der Waals surface area contributed by atoms with E-state index in [4.69, 9.17) is 5.26 Å². The predicted octanol–water partition coefficient (Wildman–Crippen LogP) is 2.07. The maximum absolute atomic E-state index is 11.0. The van der Waals surface area contributed by atoms with Crippen molar-refractivity contribution in [3.05, 3.63) is 34.9 Å². The number of carbonyl (C=O) groups excluding carboxylic acids is 1. The molecule has 0 amide bonds. The molecular weight excluding hydrogens is 150 g/mol. The van der Waals surface area contributed by atoms with Crippen LogP contribution in [0.15, 0.2) is 18.2 Å². The van der Waals surface area contributed by atoms with Gasteiger partial charge in [0, 0.05) is 5.56 Å². The summed E-state index contributed by atoms with van der Waals surface area (Å²) in [6.45, 7) is 3.36. The summed E-state index contributed by atoms with van der Waals surface area (Å²) in [7, 11) is 0. The second-order valence-corrected chi connectivity index (χ2v) is 2.72. The molecule has 0 radical (unpaired) electrons. The first-order chi connectivity index (χ1) is 5.65. The van der Waals surface area contributed by atoms with Crippen molar-refractivity contribution in [1.29, 1.82) is 5.26 Å². The van der Waals surface area contributed by atoms with Crippen molar-refractivity contribution >= 4 is 5.78 Å². The molecule has 0 aliphatic heterocycles. The van der Waals surface area contributed by atoms with Crippen LogP contribution in [-0.4, -0.2) is 5.78 Å². The van der Waals surface area contributed by atoms with Gasteiger partial charge in [-0.05, 0) is 26.0 Å². The molecule has 2 nitrogen and oxygen atoms in total. The maximum atomic E-state index is 11.0. The van der Waals surface area contributed by atoms with E-state index in [9.17, 15) is 4.79 Å². The van der Waals surface area contributed by atoms with E-state index in [0.717, 1.165) is 5.56 Å². The summed E-state index contributed by atoms with van der Waals surface area (Å²) in [5.74, 6) is -0.0600. The van der Waals surface area contributed by atoms with Gasteiger partial charge in [0.1, 0.15) is 0 Å². The third-order valence-corrected chi connectivity index (χ3v) is 1.67. The van der Waals surface area contributed by atoms with E-state index < -0.39 is 0 Å². The summed E-state index contributed by atoms with van der Waals surface area (Å²) in [6, 6.07) is 7.22. The first-order valence-corrected chi connectivity index (χ1v) is 3.67. The molecule has 0 aromatic heterocycles. The molecule has 1 rings (SSSR count). The number of Topliss-reactive ketones (excluding diaryl/α,β-unsaturated/α-hetero) is 1. The number of aryl methyl sites for hydroxylation is 1. The molecule has 0 saturated heterocycles. The van der Waals surface area contributed by atoms with Crippen LogP contribution in [0.3, 0.4) is 0 Å². The van der Waals surface area contributed by atoms with Crippen LogP contribution in [0.2, 0.25) is 0 Å². The van der Waals surface area contributed by atoms with Gasteiger partial charge in [-0.15, -0.1) is 0 Å². The average molecular weight is 159 g/mol. The molecule has 0 bridgehead atoms. The first-order valence-electron chi connectivity index (χ1n) is 3.67. The van der Waals surface area contributed by atoms with Crippen LogP contribution in [0.1, 0.15) is 28.4 Å². The van der Waals surface area contributed by atoms with Crippen LogP contribution in [0.4, 0.5) is 0 Å². The molecule has 0 unspecified atom stereocenters. The topological polar surface area (TPSA) is 40.9 Å². The molecule has 12 heavy (non-hydrogen) atoms. The Morgan fingerprint density at radius 3 is 2.67 bits per heavy atom. The fraction of sp³-hybridized carbons (Fsp3) is 0.200. The van der Waals surface area contributed by atoms with Crippen molar-refractivity contribution in [3.63, 3.8) is 0 Å². The number of rotatable bonds is 1. The largest absolute Gasteiger partial charge is 0.294 e. The van der Waals surface area contributed by atoms with Crippen molar-refractivity contribution < 1.29 is 4.79 Å². The lowest BCUT2D eigenvalue weighted by Gasteiger charge is -1.99. The molecule has 0 spiro atoms. The summed E-state index contributed by atoms with van der Waals surface area (Å²) in [5.41, 5.74) is 1.96. The molecule has 1 aromatic carbocycles. The Labute approximate surface area is 71.4 Å². The molecule has 0 N–H and O–H groups in total. The van der Waals surface area contributed by atoms with Gasteiger partial charge in [-0.1, -0.05) is 11.6 Å². The van der Waals surface area contributed by atoms with Gasteiger partial charge in [-0.3, -0.25) is 4.79 Å². The van der Waals surface area contributed by atoms with E-state index in [0.29, 0.717) is 11.1 Å². The normalized spacial score (nSPS) is 9.08. The smallest absolute Gasteiger partial charge is 0.161 e. The fourth-order valence-corrected chi connectivity index (χ4v) is 1.05. The molecule has 0 aliphatic rings. The third-order valence-electron chi connectivity index (χ3n) is 1.67. The van der Waals surface area contributed by atoms with E-state index in [1.807, 2.05) is 19.1 Å². The Hall–Kier alpha value is -1.62. The molecular formula is C10H9NO. The molecule has 0 saturated carbocycles. The lowest BCUT2D eigenvalue weighted by molar-refractivity contribution is 0.101. The molecule has 60 valence electrons. The fourth-order valence-electron chi connectivity index (χ4n) is 1.05. The Morgan fingerprint density at radius 1 is 1.50 bits per heavy atom. The number of nitriles is 1. The van der Waals surface area contributed by atoms with Gasteiger partial charge >= 0.3 is 0 Å². The van der Waals surface area contributed by atoms with Gasteiger partial charge in [-0.25, -0.2) is 0 Å². The second kappa shape index (κ2) is 3.19. The van der Waals surface area contributed by atoms with Gasteiger partial charge < -0.3 is 0 Å². The van der Waals surface area contributed by atoms with E-state index in [-0.39, 0.29) is 5.78 Å². The minimum atomic E-state index is -0.0600. The van der Waals surface area contributed by atoms with Gasteiger partial charge in [0.15, 0.2) is 5.78 Å². The van der Waals surface area contributed by atoms with Crippen LogP contribution in [0.25, 0.3) is 0 Å². The second-order valence-electron chi connectivity index (χ2n) is 2.72. The first kappa shape index (κ1) is 8.48. The van der Waals surface area contributed by atoms with Gasteiger partial charge in [0.25, 0.3) is 0 Å². The zero-order valence-electron chi connectivity index (χ0n) is 7.09. The highest BCUT2D eigenvalue weighted by Gasteiger charge is 2.05. The summed E-state index contributed by atoms with van der Waals surface area (Å²) in [4.78, 5) is 11.0. The number of nitrogens with zero attached hydrogens (tertiary/aromatic N) is 1. The predicted molar refractivity (Wildman–Crippen MR) is 45.9 cm³/mol. The summed E-state index contributed by atoms with van der Waals surface area (Å²) in [6.07, 6.45) is 0. The highest BCUT2D eigenvalue weighted by Crippen LogP contribution is 2.10. The number of hydrogen-bond donors (Lipinski definition) is 0. The molecule has 0 aliphatic carbocycles. The molecule has 1 aromatic rings. The average Bonchev–Trinajstić information content (AvgIpc) is 2.04. The lowest BCUT2D eigenvalue weighted by atomic mass is 10.0. The van der Waals surface area contributed by atoms with E-state index in [2.05, 4.69) is 0 Å². The monoisotopic (exact) mass is 159 g/mol. The number of hydrogen-bond acceptors (Lipinski definition) is 2. The SMILES string of the molecule is CC(=O)c1cc(C)ccc1C#N. The van der Waals surface area contributed by atoms with Crippen molar-refractivity contribution in [2.75, 3.05) is 0 Å². The van der Waals surface area contributed by atoms with Gasteiger partial charge in [0.05, 0.1) is 11.6 Å². The number of carbonyl (C=O) groups is 1. The quantitative estimate of drug-likeness (QED) is 0.588. The third kappa shape index (κ3) is 1.51. The van der Waals surface area contributed by atoms with E-state index in [1.54, 1.807) is 12.1 Å². The standard InChI is InChI=1S/C10H9NO/c1-7-3-4-9(6-11)10(5-7)8(2)12/h3-5H,1-2H3. The molecule has 0 atom stereocenters. The zero-order valence-corrected chi connectivity index (χ0v) is 7.09. The summed E-state index contributed by atoms with van der Waals surface area (Å²) >= 11 is 0. The van der Waals surface area contributed by atoms with Gasteiger partial charge in [0.2, 0.25) is 0 Å². The number of benzene rings is 1.